The number of rotatable bonds is 6. The molecule has 88 valence electrons. The lowest BCUT2D eigenvalue weighted by atomic mass is 10.1. The van der Waals surface area contributed by atoms with Crippen LogP contribution >= 0.6 is 11.8 Å². The van der Waals surface area contributed by atoms with Crippen LogP contribution in [0, 0.1) is 0 Å². The molecule has 0 radical (unpaired) electrons. The quantitative estimate of drug-likeness (QED) is 0.795. The first-order chi connectivity index (χ1) is 7.76. The third kappa shape index (κ3) is 3.00. The van der Waals surface area contributed by atoms with Crippen LogP contribution in [0.25, 0.3) is 0 Å². The van der Waals surface area contributed by atoms with E-state index in [1.54, 1.807) is 0 Å². The van der Waals surface area contributed by atoms with Crippen molar-refractivity contribution in [1.82, 2.24) is 5.32 Å². The van der Waals surface area contributed by atoms with E-state index in [0.29, 0.717) is 11.3 Å². The second-order valence-electron chi connectivity index (χ2n) is 4.44. The SMILES string of the molecule is CSC1(CNCC(O)c2ccccc2)CC1. The predicted molar refractivity (Wildman–Crippen MR) is 69.8 cm³/mol. The Morgan fingerprint density at radius 3 is 2.62 bits per heavy atom. The first-order valence-corrected chi connectivity index (χ1v) is 6.97. The van der Waals surface area contributed by atoms with Gasteiger partial charge in [0.2, 0.25) is 0 Å². The minimum absolute atomic E-state index is 0.390. The van der Waals surface area contributed by atoms with Crippen LogP contribution in [0.5, 0.6) is 0 Å². The summed E-state index contributed by atoms with van der Waals surface area (Å²) >= 11 is 1.94. The molecular weight excluding hydrogens is 218 g/mol. The van der Waals surface area contributed by atoms with Crippen LogP contribution in [0.4, 0.5) is 0 Å². The summed E-state index contributed by atoms with van der Waals surface area (Å²) in [6, 6.07) is 9.82. The topological polar surface area (TPSA) is 32.3 Å². The Balaban J connectivity index is 1.74. The van der Waals surface area contributed by atoms with Crippen molar-refractivity contribution in [2.75, 3.05) is 19.3 Å². The molecule has 0 heterocycles. The van der Waals surface area contributed by atoms with Crippen molar-refractivity contribution in [2.24, 2.45) is 0 Å². The highest BCUT2D eigenvalue weighted by Crippen LogP contribution is 2.46. The number of aliphatic hydroxyl groups is 1. The highest BCUT2D eigenvalue weighted by molar-refractivity contribution is 8.00. The average molecular weight is 237 g/mol. The molecule has 1 atom stereocenters. The third-order valence-electron chi connectivity index (χ3n) is 3.21. The summed E-state index contributed by atoms with van der Waals surface area (Å²) in [5.41, 5.74) is 0.990. The molecule has 0 spiro atoms. The second kappa shape index (κ2) is 5.21. The van der Waals surface area contributed by atoms with Crippen molar-refractivity contribution in [2.45, 2.75) is 23.7 Å². The maximum atomic E-state index is 9.94. The fourth-order valence-corrected chi connectivity index (χ4v) is 2.58. The Morgan fingerprint density at radius 1 is 1.38 bits per heavy atom. The third-order valence-corrected chi connectivity index (χ3v) is 4.63. The van der Waals surface area contributed by atoms with Gasteiger partial charge < -0.3 is 10.4 Å². The monoisotopic (exact) mass is 237 g/mol. The summed E-state index contributed by atoms with van der Waals surface area (Å²) in [4.78, 5) is 0. The number of hydrogen-bond acceptors (Lipinski definition) is 3. The maximum Gasteiger partial charge on any atom is 0.0914 e. The van der Waals surface area contributed by atoms with E-state index in [4.69, 9.17) is 0 Å². The van der Waals surface area contributed by atoms with Crippen molar-refractivity contribution in [3.63, 3.8) is 0 Å². The van der Waals surface area contributed by atoms with Gasteiger partial charge in [0, 0.05) is 17.8 Å². The predicted octanol–water partition coefficient (Wildman–Crippen LogP) is 2.21. The lowest BCUT2D eigenvalue weighted by Gasteiger charge is -2.16. The van der Waals surface area contributed by atoms with E-state index in [2.05, 4.69) is 11.6 Å². The van der Waals surface area contributed by atoms with Crippen LogP contribution in [0.15, 0.2) is 30.3 Å². The zero-order valence-electron chi connectivity index (χ0n) is 9.65. The van der Waals surface area contributed by atoms with E-state index in [1.807, 2.05) is 42.1 Å². The van der Waals surface area contributed by atoms with Gasteiger partial charge in [0.15, 0.2) is 0 Å². The molecule has 1 fully saturated rings. The molecular formula is C13H19NOS. The molecule has 3 heteroatoms. The molecule has 2 nitrogen and oxygen atoms in total. The van der Waals surface area contributed by atoms with Gasteiger partial charge in [-0.05, 0) is 24.7 Å². The Morgan fingerprint density at radius 2 is 2.06 bits per heavy atom. The standard InChI is InChI=1S/C13H19NOS/c1-16-13(7-8-13)10-14-9-12(15)11-5-3-2-4-6-11/h2-6,12,14-15H,7-10H2,1H3. The Bertz CT molecular complexity index is 324. The number of hydrogen-bond donors (Lipinski definition) is 2. The van der Waals surface area contributed by atoms with E-state index in [-0.39, 0.29) is 6.10 Å². The van der Waals surface area contributed by atoms with E-state index < -0.39 is 0 Å². The van der Waals surface area contributed by atoms with Gasteiger partial charge in [-0.3, -0.25) is 0 Å². The molecule has 1 aromatic rings. The molecule has 2 rings (SSSR count). The largest absolute Gasteiger partial charge is 0.387 e. The van der Waals surface area contributed by atoms with Crippen molar-refractivity contribution in [3.8, 4) is 0 Å². The van der Waals surface area contributed by atoms with Crippen LogP contribution in [0.3, 0.4) is 0 Å². The molecule has 1 aliphatic carbocycles. The molecule has 16 heavy (non-hydrogen) atoms. The second-order valence-corrected chi connectivity index (χ2v) is 5.72. The Hall–Kier alpha value is -0.510. The molecule has 1 unspecified atom stereocenters. The summed E-state index contributed by atoms with van der Waals surface area (Å²) in [6.45, 7) is 1.66. The molecule has 2 N–H and O–H groups in total. The molecule has 0 amide bonds. The van der Waals surface area contributed by atoms with Crippen molar-refractivity contribution < 1.29 is 5.11 Å². The van der Waals surface area contributed by atoms with Gasteiger partial charge in [0.05, 0.1) is 6.10 Å². The van der Waals surface area contributed by atoms with Gasteiger partial charge in [-0.2, -0.15) is 11.8 Å². The molecule has 1 aliphatic rings. The highest BCUT2D eigenvalue weighted by Gasteiger charge is 2.41. The summed E-state index contributed by atoms with van der Waals surface area (Å²) < 4.78 is 0.469. The summed E-state index contributed by atoms with van der Waals surface area (Å²) in [7, 11) is 0. The molecule has 0 bridgehead atoms. The molecule has 0 aromatic heterocycles. The zero-order valence-corrected chi connectivity index (χ0v) is 10.5. The first-order valence-electron chi connectivity index (χ1n) is 5.75. The first kappa shape index (κ1) is 12.0. The Kier molecular flexibility index (Phi) is 3.90. The van der Waals surface area contributed by atoms with E-state index in [1.165, 1.54) is 12.8 Å². The van der Waals surface area contributed by atoms with E-state index in [0.717, 1.165) is 12.1 Å². The minimum atomic E-state index is -0.390. The fourth-order valence-electron chi connectivity index (χ4n) is 1.82. The molecule has 1 saturated carbocycles. The van der Waals surface area contributed by atoms with Crippen LogP contribution in [0.2, 0.25) is 0 Å². The smallest absolute Gasteiger partial charge is 0.0914 e. The van der Waals surface area contributed by atoms with E-state index >= 15 is 0 Å². The lowest BCUT2D eigenvalue weighted by Crippen LogP contribution is -2.29. The summed E-state index contributed by atoms with van der Waals surface area (Å²) in [5.74, 6) is 0. The lowest BCUT2D eigenvalue weighted by molar-refractivity contribution is 0.175. The van der Waals surface area contributed by atoms with Crippen molar-refractivity contribution in [3.05, 3.63) is 35.9 Å². The van der Waals surface area contributed by atoms with Gasteiger partial charge in [-0.15, -0.1) is 0 Å². The summed E-state index contributed by atoms with van der Waals surface area (Å²) in [5, 5.41) is 13.3. The number of nitrogens with one attached hydrogen (secondary N) is 1. The van der Waals surface area contributed by atoms with Crippen LogP contribution in [-0.2, 0) is 0 Å². The van der Waals surface area contributed by atoms with Gasteiger partial charge in [0.1, 0.15) is 0 Å². The molecule has 0 saturated heterocycles. The molecule has 1 aromatic carbocycles. The molecule has 0 aliphatic heterocycles. The minimum Gasteiger partial charge on any atom is -0.387 e. The van der Waals surface area contributed by atoms with Crippen molar-refractivity contribution >= 4 is 11.8 Å². The van der Waals surface area contributed by atoms with Gasteiger partial charge in [-0.25, -0.2) is 0 Å². The van der Waals surface area contributed by atoms with Gasteiger partial charge >= 0.3 is 0 Å². The average Bonchev–Trinajstić information content (AvgIpc) is 3.11. The number of thioether (sulfide) groups is 1. The van der Waals surface area contributed by atoms with Crippen molar-refractivity contribution in [1.29, 1.82) is 0 Å². The maximum absolute atomic E-state index is 9.94. The van der Waals surface area contributed by atoms with Crippen LogP contribution in [0.1, 0.15) is 24.5 Å². The Labute approximate surface area is 101 Å². The zero-order chi connectivity index (χ0) is 11.4. The van der Waals surface area contributed by atoms with Gasteiger partial charge in [0.25, 0.3) is 0 Å². The van der Waals surface area contributed by atoms with E-state index in [9.17, 15) is 5.11 Å². The summed E-state index contributed by atoms with van der Waals surface area (Å²) in [6.07, 6.45) is 4.40. The van der Waals surface area contributed by atoms with Gasteiger partial charge in [-0.1, -0.05) is 30.3 Å². The normalized spacial score (nSPS) is 19.4. The highest BCUT2D eigenvalue weighted by atomic mass is 32.2. The van der Waals surface area contributed by atoms with Crippen LogP contribution < -0.4 is 5.32 Å². The fraction of sp³-hybridized carbons (Fsp3) is 0.538. The van der Waals surface area contributed by atoms with Crippen LogP contribution in [-0.4, -0.2) is 29.2 Å². The number of aliphatic hydroxyl groups excluding tert-OH is 1. The number of benzene rings is 1.